The van der Waals surface area contributed by atoms with Gasteiger partial charge in [-0.3, -0.25) is 4.79 Å². The first kappa shape index (κ1) is 11.0. The SMILES string of the molecule is O=C(O)C1(c2ccccc2-c2ncco2)CCC1. The number of aromatic nitrogens is 1. The van der Waals surface area contributed by atoms with E-state index >= 15 is 0 Å². The molecule has 92 valence electrons. The Balaban J connectivity index is 2.15. The van der Waals surface area contributed by atoms with Gasteiger partial charge < -0.3 is 9.52 Å². The minimum absolute atomic E-state index is 0.484. The first-order chi connectivity index (χ1) is 8.74. The number of carboxylic acid groups (broad SMARTS) is 1. The summed E-state index contributed by atoms with van der Waals surface area (Å²) in [5.74, 6) is -0.272. The molecule has 1 N–H and O–H groups in total. The molecule has 1 aliphatic carbocycles. The fraction of sp³-hybridized carbons (Fsp3) is 0.286. The van der Waals surface area contributed by atoms with Gasteiger partial charge in [0.25, 0.3) is 0 Å². The van der Waals surface area contributed by atoms with Gasteiger partial charge in [0.05, 0.1) is 11.6 Å². The molecule has 0 aliphatic heterocycles. The molecule has 1 aliphatic rings. The van der Waals surface area contributed by atoms with Gasteiger partial charge in [0.15, 0.2) is 0 Å². The molecule has 0 saturated heterocycles. The number of rotatable bonds is 3. The van der Waals surface area contributed by atoms with Crippen molar-refractivity contribution in [1.29, 1.82) is 0 Å². The molecule has 1 fully saturated rings. The number of hydrogen-bond acceptors (Lipinski definition) is 3. The summed E-state index contributed by atoms with van der Waals surface area (Å²) in [6.07, 6.45) is 5.38. The van der Waals surface area contributed by atoms with Crippen LogP contribution >= 0.6 is 0 Å². The maximum Gasteiger partial charge on any atom is 0.314 e. The van der Waals surface area contributed by atoms with E-state index in [2.05, 4.69) is 4.98 Å². The van der Waals surface area contributed by atoms with Crippen LogP contribution in [0.25, 0.3) is 11.5 Å². The van der Waals surface area contributed by atoms with E-state index in [1.807, 2.05) is 24.3 Å². The molecule has 0 amide bonds. The van der Waals surface area contributed by atoms with Crippen LogP contribution in [-0.2, 0) is 10.2 Å². The van der Waals surface area contributed by atoms with Crippen LogP contribution in [0.2, 0.25) is 0 Å². The van der Waals surface area contributed by atoms with Gasteiger partial charge in [0, 0.05) is 5.56 Å². The van der Waals surface area contributed by atoms with Crippen LogP contribution in [0.1, 0.15) is 24.8 Å². The summed E-state index contributed by atoms with van der Waals surface area (Å²) in [6, 6.07) is 7.47. The molecule has 0 bridgehead atoms. The molecule has 0 atom stereocenters. The van der Waals surface area contributed by atoms with Crippen LogP contribution in [0.5, 0.6) is 0 Å². The lowest BCUT2D eigenvalue weighted by molar-refractivity contribution is -0.147. The van der Waals surface area contributed by atoms with E-state index in [1.165, 1.54) is 6.26 Å². The summed E-state index contributed by atoms with van der Waals surface area (Å²) in [4.78, 5) is 15.7. The number of carboxylic acids is 1. The largest absolute Gasteiger partial charge is 0.481 e. The first-order valence-electron chi connectivity index (χ1n) is 5.97. The van der Waals surface area contributed by atoms with Crippen molar-refractivity contribution in [1.82, 2.24) is 4.98 Å². The van der Waals surface area contributed by atoms with Gasteiger partial charge in [-0.25, -0.2) is 4.98 Å². The number of benzene rings is 1. The second-order valence-electron chi connectivity index (χ2n) is 4.62. The van der Waals surface area contributed by atoms with Crippen LogP contribution in [-0.4, -0.2) is 16.1 Å². The van der Waals surface area contributed by atoms with Crippen molar-refractivity contribution in [3.05, 3.63) is 42.3 Å². The average molecular weight is 243 g/mol. The van der Waals surface area contributed by atoms with E-state index in [0.717, 1.165) is 17.5 Å². The maximum absolute atomic E-state index is 11.6. The first-order valence-corrected chi connectivity index (χ1v) is 5.97. The molecule has 1 aromatic carbocycles. The van der Waals surface area contributed by atoms with Crippen molar-refractivity contribution < 1.29 is 14.3 Å². The topological polar surface area (TPSA) is 63.3 Å². The van der Waals surface area contributed by atoms with E-state index in [-0.39, 0.29) is 0 Å². The lowest BCUT2D eigenvalue weighted by Crippen LogP contribution is -2.42. The molecule has 0 spiro atoms. The Morgan fingerprint density at radius 3 is 2.67 bits per heavy atom. The van der Waals surface area contributed by atoms with Crippen molar-refractivity contribution in [2.24, 2.45) is 0 Å². The van der Waals surface area contributed by atoms with Crippen molar-refractivity contribution in [3.8, 4) is 11.5 Å². The summed E-state index contributed by atoms with van der Waals surface area (Å²) >= 11 is 0. The predicted octanol–water partition coefficient (Wildman–Crippen LogP) is 2.85. The number of carbonyl (C=O) groups is 1. The summed E-state index contributed by atoms with van der Waals surface area (Å²) in [6.45, 7) is 0. The van der Waals surface area contributed by atoms with Gasteiger partial charge in [0.2, 0.25) is 5.89 Å². The minimum Gasteiger partial charge on any atom is -0.481 e. The monoisotopic (exact) mass is 243 g/mol. The van der Waals surface area contributed by atoms with E-state index in [4.69, 9.17) is 4.42 Å². The smallest absolute Gasteiger partial charge is 0.314 e. The normalized spacial score (nSPS) is 17.1. The third-order valence-electron chi connectivity index (χ3n) is 3.72. The zero-order valence-corrected chi connectivity index (χ0v) is 9.80. The molecule has 4 heteroatoms. The summed E-state index contributed by atoms with van der Waals surface area (Å²) in [5.41, 5.74) is 0.834. The van der Waals surface area contributed by atoms with Gasteiger partial charge in [-0.15, -0.1) is 0 Å². The number of hydrogen-bond donors (Lipinski definition) is 1. The highest BCUT2D eigenvalue weighted by atomic mass is 16.4. The van der Waals surface area contributed by atoms with Crippen molar-refractivity contribution in [2.45, 2.75) is 24.7 Å². The van der Waals surface area contributed by atoms with E-state index < -0.39 is 11.4 Å². The van der Waals surface area contributed by atoms with E-state index in [0.29, 0.717) is 18.7 Å². The maximum atomic E-state index is 11.6. The molecule has 2 aromatic rings. The highest BCUT2D eigenvalue weighted by molar-refractivity contribution is 5.85. The van der Waals surface area contributed by atoms with Crippen LogP contribution in [0.3, 0.4) is 0 Å². The molecule has 3 rings (SSSR count). The van der Waals surface area contributed by atoms with Crippen molar-refractivity contribution in [3.63, 3.8) is 0 Å². The Labute approximate surface area is 104 Å². The summed E-state index contributed by atoms with van der Waals surface area (Å²) in [5, 5.41) is 9.51. The Morgan fingerprint density at radius 2 is 2.11 bits per heavy atom. The van der Waals surface area contributed by atoms with Crippen LogP contribution in [0, 0.1) is 0 Å². The molecule has 1 aromatic heterocycles. The third kappa shape index (κ3) is 1.45. The molecular weight excluding hydrogens is 230 g/mol. The van der Waals surface area contributed by atoms with Gasteiger partial charge in [-0.2, -0.15) is 0 Å². The van der Waals surface area contributed by atoms with Crippen molar-refractivity contribution >= 4 is 5.97 Å². The average Bonchev–Trinajstić information content (AvgIpc) is 2.81. The second-order valence-corrected chi connectivity index (χ2v) is 4.62. The molecular formula is C14H13NO3. The minimum atomic E-state index is -0.759. The lowest BCUT2D eigenvalue weighted by atomic mass is 9.63. The fourth-order valence-corrected chi connectivity index (χ4v) is 2.57. The number of oxazole rings is 1. The summed E-state index contributed by atoms with van der Waals surface area (Å²) < 4.78 is 5.30. The van der Waals surface area contributed by atoms with Crippen molar-refractivity contribution in [2.75, 3.05) is 0 Å². The Morgan fingerprint density at radius 1 is 1.33 bits per heavy atom. The highest BCUT2D eigenvalue weighted by Crippen LogP contribution is 2.47. The van der Waals surface area contributed by atoms with E-state index in [1.54, 1.807) is 6.20 Å². The van der Waals surface area contributed by atoms with Gasteiger partial charge >= 0.3 is 5.97 Å². The van der Waals surface area contributed by atoms with Gasteiger partial charge in [-0.05, 0) is 24.5 Å². The standard InChI is InChI=1S/C14H13NO3/c16-13(17)14(6-3-7-14)11-5-2-1-4-10(11)12-15-8-9-18-12/h1-2,4-5,8-9H,3,6-7H2,(H,16,17). The Kier molecular flexibility index (Phi) is 2.44. The Hall–Kier alpha value is -2.10. The summed E-state index contributed by atoms with van der Waals surface area (Å²) in [7, 11) is 0. The predicted molar refractivity (Wildman–Crippen MR) is 65.1 cm³/mol. The van der Waals surface area contributed by atoms with Crippen LogP contribution < -0.4 is 0 Å². The second kappa shape index (κ2) is 3.98. The number of aliphatic carboxylic acids is 1. The fourth-order valence-electron chi connectivity index (χ4n) is 2.57. The van der Waals surface area contributed by atoms with Gasteiger partial charge in [0.1, 0.15) is 6.26 Å². The lowest BCUT2D eigenvalue weighted by Gasteiger charge is -2.39. The quantitative estimate of drug-likeness (QED) is 0.900. The molecule has 18 heavy (non-hydrogen) atoms. The molecule has 1 saturated carbocycles. The molecule has 1 heterocycles. The number of nitrogens with zero attached hydrogens (tertiary/aromatic N) is 1. The molecule has 0 radical (unpaired) electrons. The zero-order valence-electron chi connectivity index (χ0n) is 9.80. The van der Waals surface area contributed by atoms with Crippen LogP contribution in [0.4, 0.5) is 0 Å². The molecule has 0 unspecified atom stereocenters. The Bertz CT molecular complexity index is 570. The highest BCUT2D eigenvalue weighted by Gasteiger charge is 2.47. The third-order valence-corrected chi connectivity index (χ3v) is 3.72. The zero-order chi connectivity index (χ0) is 12.6. The van der Waals surface area contributed by atoms with Gasteiger partial charge in [-0.1, -0.05) is 24.6 Å². The molecule has 4 nitrogen and oxygen atoms in total. The van der Waals surface area contributed by atoms with E-state index in [9.17, 15) is 9.90 Å². The van der Waals surface area contributed by atoms with Crippen LogP contribution in [0.15, 0.2) is 41.1 Å².